The molecule has 0 saturated heterocycles. The fourth-order valence-corrected chi connectivity index (χ4v) is 16.6. The van der Waals surface area contributed by atoms with E-state index in [4.69, 9.17) is 10.5 Å². The maximum Gasteiger partial charge on any atom is 0.271 e. The smallest absolute Gasteiger partial charge is 0.271 e. The van der Waals surface area contributed by atoms with Crippen LogP contribution >= 0.6 is 31.8 Å². The second kappa shape index (κ2) is 36.8. The number of nitro groups is 2. The zero-order valence-corrected chi connectivity index (χ0v) is 59.4. The van der Waals surface area contributed by atoms with Crippen LogP contribution in [0.5, 0.6) is 11.5 Å². The van der Waals surface area contributed by atoms with E-state index in [1.165, 1.54) is 78.9 Å². The predicted octanol–water partition coefficient (Wildman–Crippen LogP) is 20.5. The molecule has 1 aliphatic heterocycles. The molecule has 12 aromatic rings. The summed E-state index contributed by atoms with van der Waals surface area (Å²) in [6, 6.07) is 109. The number of fused-ring (bicyclic) bond motifs is 2. The number of hydrogen-bond acceptors (Lipinski definition) is 9. The van der Waals surface area contributed by atoms with E-state index in [2.05, 4.69) is 266 Å². The number of anilines is 6. The normalized spacial score (nSPS) is 11.3. The number of halogens is 1. The minimum Gasteiger partial charge on any atom is -0.455 e. The molecule has 0 spiro atoms. The van der Waals surface area contributed by atoms with Gasteiger partial charge in [0, 0.05) is 110 Å². The Bertz CT molecular complexity index is 4200. The number of hydrogen-bond donors (Lipinski definition) is 2. The highest BCUT2D eigenvalue weighted by atomic mass is 79.9. The van der Waals surface area contributed by atoms with Crippen LogP contribution < -0.4 is 57.4 Å². The Morgan fingerprint density at radius 1 is 0.418 bits per heavy atom. The topological polar surface area (TPSA) is 140 Å². The second-order valence-corrected chi connectivity index (χ2v) is 28.7. The van der Waals surface area contributed by atoms with Crippen LogP contribution in [-0.2, 0) is 5.41 Å². The molecule has 0 atom stereocenters. The number of nitrogens with two attached hydrogens (primary N) is 1. The van der Waals surface area contributed by atoms with E-state index in [0.29, 0.717) is 0 Å². The third-order valence-corrected chi connectivity index (χ3v) is 21.4. The van der Waals surface area contributed by atoms with Gasteiger partial charge in [0.1, 0.15) is 11.5 Å². The van der Waals surface area contributed by atoms with Crippen LogP contribution in [0, 0.1) is 20.2 Å². The lowest BCUT2D eigenvalue weighted by Crippen LogP contribution is -2.32. The maximum absolute atomic E-state index is 10.9. The molecule has 0 radical (unpaired) electrons. The molecular formula is C84H83BrN6O5P2. The van der Waals surface area contributed by atoms with Crippen molar-refractivity contribution >= 4 is 109 Å². The van der Waals surface area contributed by atoms with E-state index in [1.807, 2.05) is 78.9 Å². The molecule has 14 heteroatoms. The highest BCUT2D eigenvalue weighted by Crippen LogP contribution is 2.52. The predicted molar refractivity (Wildman–Crippen MR) is 420 cm³/mol. The number of non-ortho nitro benzene ring substituents is 2. The Hall–Kier alpha value is -10.2. The van der Waals surface area contributed by atoms with Crippen LogP contribution in [0.3, 0.4) is 0 Å². The SMILES string of the molecule is CC1(C)c2cccc(P(c3ccccc3)c3ccccc3)c2Oc2c(P(c3ccccc3)c3ccccc3)cccc21.CCCN(c1ccccc1)c1cccc(N)c1.CCCN(c1ccccc1)c1cccc([N+](=O)[O-])c1.CCCNc1ccccc1.O=[N+]([O-])c1cccc(Br)c1. The number of rotatable bonds is 19. The van der Waals surface area contributed by atoms with E-state index in [1.54, 1.807) is 24.3 Å². The van der Waals surface area contributed by atoms with Crippen molar-refractivity contribution < 1.29 is 14.6 Å². The van der Waals surface area contributed by atoms with Gasteiger partial charge < -0.3 is 25.6 Å². The summed E-state index contributed by atoms with van der Waals surface area (Å²) in [5.41, 5.74) is 14.6. The second-order valence-electron chi connectivity index (χ2n) is 23.4. The van der Waals surface area contributed by atoms with Crippen LogP contribution in [0.2, 0.25) is 0 Å². The molecule has 3 N–H and O–H groups in total. The number of ether oxygens (including phenoxy) is 1. The molecule has 0 fully saturated rings. The summed E-state index contributed by atoms with van der Waals surface area (Å²) in [6.07, 6.45) is 3.25. The Kier molecular flexibility index (Phi) is 27.0. The first-order chi connectivity index (χ1) is 47.8. The molecular weight excluding hydrogens is 1310 g/mol. The molecule has 11 nitrogen and oxygen atoms in total. The Morgan fingerprint density at radius 3 is 1.13 bits per heavy atom. The summed E-state index contributed by atoms with van der Waals surface area (Å²) in [7, 11) is -1.65. The molecule has 496 valence electrons. The van der Waals surface area contributed by atoms with Crippen molar-refractivity contribution in [3.8, 4) is 11.5 Å². The number of nitro benzene ring substituents is 2. The first kappa shape index (κ1) is 72.1. The lowest BCUT2D eigenvalue weighted by Gasteiger charge is -2.38. The summed E-state index contributed by atoms with van der Waals surface area (Å²) in [5.74, 6) is 2.02. The summed E-state index contributed by atoms with van der Waals surface area (Å²) in [6.45, 7) is 14.0. The fraction of sp³-hybridized carbons (Fsp3) is 0.143. The van der Waals surface area contributed by atoms with Gasteiger partial charge in [0.15, 0.2) is 0 Å². The van der Waals surface area contributed by atoms with Crippen molar-refractivity contribution in [2.45, 2.75) is 59.3 Å². The monoisotopic (exact) mass is 1400 g/mol. The number of para-hydroxylation sites is 5. The van der Waals surface area contributed by atoms with Crippen LogP contribution in [0.1, 0.15) is 65.0 Å². The number of nitrogens with zero attached hydrogens (tertiary/aromatic N) is 4. The van der Waals surface area contributed by atoms with Crippen LogP contribution in [-0.4, -0.2) is 29.5 Å². The van der Waals surface area contributed by atoms with Crippen molar-refractivity contribution in [1.29, 1.82) is 0 Å². The van der Waals surface area contributed by atoms with Crippen molar-refractivity contribution in [2.75, 3.05) is 40.5 Å². The van der Waals surface area contributed by atoms with Gasteiger partial charge in [-0.15, -0.1) is 0 Å². The lowest BCUT2D eigenvalue weighted by atomic mass is 9.76. The van der Waals surface area contributed by atoms with Gasteiger partial charge in [-0.3, -0.25) is 20.2 Å². The van der Waals surface area contributed by atoms with E-state index >= 15 is 0 Å². The summed E-state index contributed by atoms with van der Waals surface area (Å²) in [4.78, 5) is 24.6. The van der Waals surface area contributed by atoms with Crippen LogP contribution in [0.15, 0.2) is 326 Å². The average Bonchev–Trinajstić information content (AvgIpc) is 0.725. The standard InChI is InChI=1S/C39H32OP2.C15H16N2O2.C15H18N2.C9H13N.C6H4BrNO2/c1-39(2)33-25-15-27-35(41(29-17-7-3-8-18-29)30-19-9-4-10-20-30)37(33)40-38-34(39)26-16-28-36(38)42(31-21-11-5-12-22-31)32-23-13-6-14-24-32;1-2-11-16(13-7-4-3-5-8-13)14-9-6-10-15(12-14)17(18)19;1-2-11-17(14-8-4-3-5-9-14)15-10-6-7-13(16)12-15;1-2-8-10-9-6-4-3-5-7-9;7-5-2-1-3-6(4-5)8(9)10/h3-28H,1-2H3;3-10,12H,2,11H2,1H3;3-10,12H,2,11,16H2,1H3;3-7,10H,2,8H2,1H3;1-4H. The Balaban J connectivity index is 0.000000165. The summed E-state index contributed by atoms with van der Waals surface area (Å²) in [5, 5.41) is 32.1. The molecule has 0 amide bonds. The lowest BCUT2D eigenvalue weighted by molar-refractivity contribution is -0.385. The molecule has 0 bridgehead atoms. The summed E-state index contributed by atoms with van der Waals surface area (Å²) < 4.78 is 7.98. The van der Waals surface area contributed by atoms with E-state index in [0.717, 1.165) is 71.2 Å². The largest absolute Gasteiger partial charge is 0.455 e. The van der Waals surface area contributed by atoms with Crippen molar-refractivity contribution in [3.05, 3.63) is 357 Å². The quantitative estimate of drug-likeness (QED) is 0.0350. The molecule has 0 saturated carbocycles. The first-order valence-electron chi connectivity index (χ1n) is 33.0. The molecule has 13 rings (SSSR count). The fourth-order valence-electron chi connectivity index (χ4n) is 11.4. The van der Waals surface area contributed by atoms with Gasteiger partial charge in [-0.1, -0.05) is 281 Å². The van der Waals surface area contributed by atoms with Gasteiger partial charge in [-0.05, 0) is 123 Å². The highest BCUT2D eigenvalue weighted by Gasteiger charge is 2.39. The number of nitrogens with one attached hydrogen (secondary N) is 1. The van der Waals surface area contributed by atoms with E-state index in [9.17, 15) is 20.2 Å². The van der Waals surface area contributed by atoms with Gasteiger partial charge in [0.25, 0.3) is 11.4 Å². The van der Waals surface area contributed by atoms with Gasteiger partial charge in [-0.25, -0.2) is 0 Å². The third-order valence-electron chi connectivity index (χ3n) is 16.0. The highest BCUT2D eigenvalue weighted by molar-refractivity contribution is 9.10. The molecule has 12 aromatic carbocycles. The molecule has 1 heterocycles. The Morgan fingerprint density at radius 2 is 0.765 bits per heavy atom. The molecule has 98 heavy (non-hydrogen) atoms. The number of benzene rings is 12. The van der Waals surface area contributed by atoms with Gasteiger partial charge in [0.05, 0.1) is 9.85 Å². The minimum absolute atomic E-state index is 0.106. The van der Waals surface area contributed by atoms with Gasteiger partial charge in [-0.2, -0.15) is 0 Å². The average molecular weight is 1400 g/mol. The van der Waals surface area contributed by atoms with E-state index in [-0.39, 0.29) is 21.7 Å². The zero-order valence-electron chi connectivity index (χ0n) is 56.0. The zero-order chi connectivity index (χ0) is 69.1. The minimum atomic E-state index is -0.824. The van der Waals surface area contributed by atoms with Gasteiger partial charge in [0.2, 0.25) is 0 Å². The molecule has 0 unspecified atom stereocenters. The Labute approximate surface area is 588 Å². The molecule has 0 aliphatic carbocycles. The van der Waals surface area contributed by atoms with Crippen molar-refractivity contribution in [2.24, 2.45) is 0 Å². The maximum atomic E-state index is 10.9. The third kappa shape index (κ3) is 19.5. The van der Waals surface area contributed by atoms with Crippen molar-refractivity contribution in [1.82, 2.24) is 0 Å². The van der Waals surface area contributed by atoms with Crippen LogP contribution in [0.25, 0.3) is 0 Å². The van der Waals surface area contributed by atoms with Gasteiger partial charge >= 0.3 is 0 Å². The van der Waals surface area contributed by atoms with Crippen molar-refractivity contribution in [3.63, 3.8) is 0 Å². The molecule has 0 aromatic heterocycles. The van der Waals surface area contributed by atoms with E-state index < -0.39 is 20.8 Å². The summed E-state index contributed by atoms with van der Waals surface area (Å²) >= 11 is 3.13. The number of nitrogen functional groups attached to an aromatic ring is 1. The molecule has 1 aliphatic rings. The van der Waals surface area contributed by atoms with Crippen LogP contribution in [0.4, 0.5) is 45.5 Å². The first-order valence-corrected chi connectivity index (χ1v) is 36.5.